The predicted molar refractivity (Wildman–Crippen MR) is 143 cm³/mol. The summed E-state index contributed by atoms with van der Waals surface area (Å²) in [5, 5.41) is 3.36. The first-order chi connectivity index (χ1) is 17.3. The monoisotopic (exact) mass is 487 g/mol. The van der Waals surface area contributed by atoms with Crippen LogP contribution in [0.25, 0.3) is 5.70 Å². The lowest BCUT2D eigenvalue weighted by molar-refractivity contribution is 0.102. The first-order valence-electron chi connectivity index (χ1n) is 12.5. The number of likely N-dealkylation sites (tertiary alicyclic amines) is 1. The van der Waals surface area contributed by atoms with Crippen LogP contribution in [0.2, 0.25) is 0 Å². The minimum absolute atomic E-state index is 0.250. The molecule has 1 saturated heterocycles. The molecule has 0 spiro atoms. The lowest BCUT2D eigenvalue weighted by Gasteiger charge is -2.43. The van der Waals surface area contributed by atoms with Crippen LogP contribution < -0.4 is 16.6 Å². The van der Waals surface area contributed by atoms with Crippen molar-refractivity contribution in [3.05, 3.63) is 82.9 Å². The first-order valence-corrected chi connectivity index (χ1v) is 12.5. The Labute approximate surface area is 212 Å². The molecule has 2 aliphatic rings. The number of piperidine rings is 1. The number of anilines is 3. The second kappa shape index (κ2) is 9.87. The van der Waals surface area contributed by atoms with Crippen molar-refractivity contribution >= 4 is 23.0 Å². The van der Waals surface area contributed by atoms with Crippen LogP contribution >= 0.6 is 0 Å². The molecule has 0 unspecified atom stereocenters. The van der Waals surface area contributed by atoms with Gasteiger partial charge in [0.05, 0.1) is 11.4 Å². The molecule has 2 aromatic carbocycles. The number of nitrogen functional groups attached to an aromatic ring is 1. The molecule has 4 N–H and O–H groups in total. The molecule has 0 aliphatic carbocycles. The summed E-state index contributed by atoms with van der Waals surface area (Å²) in [6.45, 7) is 13.1. The molecule has 5 rings (SSSR count). The number of aromatic nitrogens is 2. The Morgan fingerprint density at radius 3 is 2.58 bits per heavy atom. The zero-order valence-corrected chi connectivity index (χ0v) is 21.2. The molecular weight excluding hydrogens is 453 g/mol. The Balaban J connectivity index is 1.22. The average Bonchev–Trinajstić information content (AvgIpc) is 3.26. The fourth-order valence-electron chi connectivity index (χ4n) is 5.55. The van der Waals surface area contributed by atoms with Crippen LogP contribution in [0.3, 0.4) is 0 Å². The van der Waals surface area contributed by atoms with Gasteiger partial charge in [-0.2, -0.15) is 0 Å². The van der Waals surface area contributed by atoms with Crippen LogP contribution in [0, 0.1) is 19.7 Å². The van der Waals surface area contributed by atoms with Gasteiger partial charge in [-0.1, -0.05) is 12.6 Å². The summed E-state index contributed by atoms with van der Waals surface area (Å²) in [6, 6.07) is 12.0. The topological polar surface area (TPSA) is 82.3 Å². The summed E-state index contributed by atoms with van der Waals surface area (Å²) < 4.78 is 14.6. The third-order valence-corrected chi connectivity index (χ3v) is 7.32. The van der Waals surface area contributed by atoms with Crippen molar-refractivity contribution in [1.29, 1.82) is 0 Å². The molecule has 2 aliphatic heterocycles. The van der Waals surface area contributed by atoms with Crippen LogP contribution in [0.1, 0.15) is 47.7 Å². The fourth-order valence-corrected chi connectivity index (χ4v) is 5.55. The SMILES string of the molecule is C=C(c1ccc(NN)cc1F)N1CC[C@H](N2Cc3cnc(Nc4cc(C)cc(C)c4)nc3C2)C[C@H]1C. The third kappa shape index (κ3) is 4.92. The van der Waals surface area contributed by atoms with Gasteiger partial charge < -0.3 is 15.6 Å². The molecule has 7 nitrogen and oxygen atoms in total. The molecular formula is C28H34FN7. The van der Waals surface area contributed by atoms with Gasteiger partial charge in [0.2, 0.25) is 5.95 Å². The summed E-state index contributed by atoms with van der Waals surface area (Å²) in [7, 11) is 0. The second-order valence-electron chi connectivity index (χ2n) is 10.1. The van der Waals surface area contributed by atoms with Crippen LogP contribution in [0.15, 0.2) is 49.2 Å². The van der Waals surface area contributed by atoms with E-state index in [4.69, 9.17) is 10.8 Å². The number of nitrogens with two attached hydrogens (primary N) is 1. The molecule has 3 aromatic rings. The Hall–Kier alpha value is -3.49. The van der Waals surface area contributed by atoms with Crippen molar-refractivity contribution in [2.75, 3.05) is 17.3 Å². The van der Waals surface area contributed by atoms with Gasteiger partial charge in [0.15, 0.2) is 0 Å². The molecule has 0 amide bonds. The first kappa shape index (κ1) is 24.2. The summed E-state index contributed by atoms with van der Waals surface area (Å²) in [4.78, 5) is 14.1. The van der Waals surface area contributed by atoms with E-state index in [1.165, 1.54) is 22.8 Å². The summed E-state index contributed by atoms with van der Waals surface area (Å²) >= 11 is 0. The highest BCUT2D eigenvalue weighted by Crippen LogP contribution is 2.34. The number of halogens is 1. The van der Waals surface area contributed by atoms with Gasteiger partial charge >= 0.3 is 0 Å². The normalized spacial score (nSPS) is 19.8. The molecule has 36 heavy (non-hydrogen) atoms. The molecule has 1 fully saturated rings. The lowest BCUT2D eigenvalue weighted by Crippen LogP contribution is -2.46. The van der Waals surface area contributed by atoms with Crippen LogP contribution in [0.4, 0.5) is 21.7 Å². The Morgan fingerprint density at radius 2 is 1.89 bits per heavy atom. The van der Waals surface area contributed by atoms with Crippen molar-refractivity contribution in [2.24, 2.45) is 5.84 Å². The number of fused-ring (bicyclic) bond motifs is 1. The van der Waals surface area contributed by atoms with E-state index in [0.717, 1.165) is 49.6 Å². The number of aryl methyl sites for hydroxylation is 2. The number of hydrogen-bond donors (Lipinski definition) is 3. The standard InChI is InChI=1S/C28H34FN7/c1-17-9-18(2)11-23(10-17)32-28-31-14-21-15-35(16-27(21)33-28)24-7-8-36(19(3)12-24)20(4)25-6-5-22(34-30)13-26(25)29/h5-6,9-11,13-14,19,24,34H,4,7-8,12,15-16,30H2,1-3H3,(H,31,32,33)/t19-,24+/m1/s1. The zero-order chi connectivity index (χ0) is 25.4. The fraction of sp³-hybridized carbons (Fsp3) is 0.357. The molecule has 188 valence electrons. The molecule has 0 saturated carbocycles. The van der Waals surface area contributed by atoms with Crippen molar-refractivity contribution in [3.63, 3.8) is 0 Å². The van der Waals surface area contributed by atoms with Crippen LogP contribution in [-0.2, 0) is 13.1 Å². The number of benzene rings is 2. The Kier molecular flexibility index (Phi) is 6.64. The van der Waals surface area contributed by atoms with Gasteiger partial charge in [-0.25, -0.2) is 14.4 Å². The van der Waals surface area contributed by atoms with Crippen molar-refractivity contribution in [2.45, 2.75) is 58.8 Å². The Morgan fingerprint density at radius 1 is 1.11 bits per heavy atom. The second-order valence-corrected chi connectivity index (χ2v) is 10.1. The van der Waals surface area contributed by atoms with E-state index >= 15 is 0 Å². The number of nitrogens with one attached hydrogen (secondary N) is 2. The van der Waals surface area contributed by atoms with E-state index in [2.05, 4.69) is 71.1 Å². The molecule has 3 heterocycles. The molecule has 0 radical (unpaired) electrons. The van der Waals surface area contributed by atoms with Crippen molar-refractivity contribution in [1.82, 2.24) is 19.8 Å². The number of hydrogen-bond acceptors (Lipinski definition) is 7. The van der Waals surface area contributed by atoms with E-state index in [9.17, 15) is 4.39 Å². The number of nitrogens with zero attached hydrogens (tertiary/aromatic N) is 4. The van der Waals surface area contributed by atoms with Gasteiger partial charge in [-0.05, 0) is 75.1 Å². The van der Waals surface area contributed by atoms with Crippen LogP contribution in [-0.4, -0.2) is 38.4 Å². The maximum absolute atomic E-state index is 14.6. The van der Waals surface area contributed by atoms with E-state index < -0.39 is 0 Å². The van der Waals surface area contributed by atoms with Gasteiger partial charge in [-0.15, -0.1) is 0 Å². The quantitative estimate of drug-likeness (QED) is 0.330. The van der Waals surface area contributed by atoms with E-state index in [0.29, 0.717) is 23.2 Å². The highest BCUT2D eigenvalue weighted by atomic mass is 19.1. The zero-order valence-electron chi connectivity index (χ0n) is 21.2. The maximum Gasteiger partial charge on any atom is 0.227 e. The van der Waals surface area contributed by atoms with Crippen molar-refractivity contribution in [3.8, 4) is 0 Å². The van der Waals surface area contributed by atoms with E-state index in [-0.39, 0.29) is 11.9 Å². The summed E-state index contributed by atoms with van der Waals surface area (Å²) in [5.74, 6) is 5.72. The smallest absolute Gasteiger partial charge is 0.227 e. The third-order valence-electron chi connectivity index (χ3n) is 7.32. The lowest BCUT2D eigenvalue weighted by atomic mass is 9.95. The average molecular weight is 488 g/mol. The van der Waals surface area contributed by atoms with Crippen LogP contribution in [0.5, 0.6) is 0 Å². The minimum Gasteiger partial charge on any atom is -0.369 e. The maximum atomic E-state index is 14.6. The summed E-state index contributed by atoms with van der Waals surface area (Å²) in [5.41, 5.74) is 9.97. The molecule has 2 atom stereocenters. The number of hydrazine groups is 1. The largest absolute Gasteiger partial charge is 0.369 e. The minimum atomic E-state index is -0.316. The van der Waals surface area contributed by atoms with Gasteiger partial charge in [0, 0.05) is 60.4 Å². The van der Waals surface area contributed by atoms with Gasteiger partial charge in [0.1, 0.15) is 5.82 Å². The molecule has 8 heteroatoms. The molecule has 0 bridgehead atoms. The summed E-state index contributed by atoms with van der Waals surface area (Å²) in [6.07, 6.45) is 3.93. The number of rotatable bonds is 6. The molecule has 1 aromatic heterocycles. The highest BCUT2D eigenvalue weighted by molar-refractivity contribution is 5.65. The van der Waals surface area contributed by atoms with Crippen molar-refractivity contribution < 1.29 is 4.39 Å². The Bertz CT molecular complexity index is 1270. The highest BCUT2D eigenvalue weighted by Gasteiger charge is 2.34. The van der Waals surface area contributed by atoms with E-state index in [1.807, 2.05) is 6.20 Å². The van der Waals surface area contributed by atoms with Gasteiger partial charge in [-0.3, -0.25) is 10.7 Å². The van der Waals surface area contributed by atoms with E-state index in [1.54, 1.807) is 12.1 Å². The van der Waals surface area contributed by atoms with Gasteiger partial charge in [0.25, 0.3) is 0 Å². The predicted octanol–water partition coefficient (Wildman–Crippen LogP) is 5.10.